The van der Waals surface area contributed by atoms with E-state index in [4.69, 9.17) is 21.1 Å². The summed E-state index contributed by atoms with van der Waals surface area (Å²) in [4.78, 5) is 12.0. The van der Waals surface area contributed by atoms with Crippen LogP contribution in [0.25, 0.3) is 6.08 Å². The van der Waals surface area contributed by atoms with Gasteiger partial charge in [-0.05, 0) is 41.5 Å². The molecule has 0 saturated heterocycles. The minimum absolute atomic E-state index is 0.121. The van der Waals surface area contributed by atoms with Crippen molar-refractivity contribution in [1.29, 1.82) is 0 Å². The number of nitrogens with one attached hydrogen (secondary N) is 2. The molecule has 2 aromatic rings. The van der Waals surface area contributed by atoms with E-state index in [-0.39, 0.29) is 19.2 Å². The number of anilines is 1. The quantitative estimate of drug-likeness (QED) is 0.717. The second-order valence-electron chi connectivity index (χ2n) is 5.86. The number of carbonyl (C=O) groups excluding carboxylic acids is 1. The van der Waals surface area contributed by atoms with E-state index >= 15 is 0 Å². The Morgan fingerprint density at radius 1 is 1.26 bits per heavy atom. The molecule has 9 heteroatoms. The van der Waals surface area contributed by atoms with Crippen molar-refractivity contribution in [2.24, 2.45) is 0 Å². The minimum Gasteiger partial charge on any atom is -0.454 e. The van der Waals surface area contributed by atoms with Gasteiger partial charge >= 0.3 is 0 Å². The summed E-state index contributed by atoms with van der Waals surface area (Å²) in [6.45, 7) is 0.375. The number of hydrogen-bond acceptors (Lipinski definition) is 5. The van der Waals surface area contributed by atoms with E-state index in [0.29, 0.717) is 27.8 Å². The molecule has 2 N–H and O–H groups in total. The maximum absolute atomic E-state index is 12.0. The Kier molecular flexibility index (Phi) is 5.57. The molecule has 1 heterocycles. The lowest BCUT2D eigenvalue weighted by molar-refractivity contribution is -0.116. The van der Waals surface area contributed by atoms with Crippen LogP contribution in [0.15, 0.2) is 42.5 Å². The van der Waals surface area contributed by atoms with E-state index in [0.717, 1.165) is 11.8 Å². The van der Waals surface area contributed by atoms with E-state index in [1.165, 1.54) is 6.08 Å². The fraction of sp³-hybridized carbons (Fsp3) is 0.167. The number of fused-ring (bicyclic) bond motifs is 1. The van der Waals surface area contributed by atoms with Crippen LogP contribution in [0.2, 0.25) is 5.02 Å². The van der Waals surface area contributed by atoms with E-state index in [1.807, 2.05) is 0 Å². The maximum atomic E-state index is 12.0. The summed E-state index contributed by atoms with van der Waals surface area (Å²) in [5.41, 5.74) is 1.91. The van der Waals surface area contributed by atoms with Gasteiger partial charge in [-0.15, -0.1) is 0 Å². The lowest BCUT2D eigenvalue weighted by Gasteiger charge is -2.07. The Morgan fingerprint density at radius 2 is 2.07 bits per heavy atom. The van der Waals surface area contributed by atoms with Crippen LogP contribution < -0.4 is 19.5 Å². The van der Waals surface area contributed by atoms with Crippen molar-refractivity contribution >= 4 is 39.3 Å². The number of hydrogen-bond donors (Lipinski definition) is 2. The van der Waals surface area contributed by atoms with Crippen molar-refractivity contribution in [1.82, 2.24) is 5.32 Å². The number of carbonyl (C=O) groups is 1. The third-order valence-electron chi connectivity index (χ3n) is 3.57. The SMILES string of the molecule is CS(=O)(=O)Nc1cccc(CNC(=O)/C=C/c2cc(Cl)c3c(c2)OCO3)c1. The van der Waals surface area contributed by atoms with Crippen molar-refractivity contribution in [3.63, 3.8) is 0 Å². The summed E-state index contributed by atoms with van der Waals surface area (Å²) in [6, 6.07) is 10.2. The summed E-state index contributed by atoms with van der Waals surface area (Å²) >= 11 is 6.10. The highest BCUT2D eigenvalue weighted by Gasteiger charge is 2.17. The molecule has 2 aromatic carbocycles. The first-order valence-corrected chi connectivity index (χ1v) is 10.2. The molecule has 142 valence electrons. The molecule has 3 rings (SSSR count). The van der Waals surface area contributed by atoms with Crippen molar-refractivity contribution in [3.8, 4) is 11.5 Å². The fourth-order valence-electron chi connectivity index (χ4n) is 2.46. The first kappa shape index (κ1) is 19.1. The van der Waals surface area contributed by atoms with Gasteiger partial charge in [-0.25, -0.2) is 8.42 Å². The first-order valence-electron chi connectivity index (χ1n) is 7.92. The third kappa shape index (κ3) is 5.38. The zero-order valence-corrected chi connectivity index (χ0v) is 15.9. The molecule has 7 nitrogen and oxygen atoms in total. The zero-order chi connectivity index (χ0) is 19.4. The molecule has 27 heavy (non-hydrogen) atoms. The molecule has 1 aliphatic heterocycles. The topological polar surface area (TPSA) is 93.7 Å². The molecule has 1 aliphatic rings. The van der Waals surface area contributed by atoms with Gasteiger partial charge in [0.1, 0.15) is 0 Å². The lowest BCUT2D eigenvalue weighted by Crippen LogP contribution is -2.20. The highest BCUT2D eigenvalue weighted by molar-refractivity contribution is 7.92. The van der Waals surface area contributed by atoms with Gasteiger partial charge in [0.25, 0.3) is 0 Å². The first-order chi connectivity index (χ1) is 12.8. The highest BCUT2D eigenvalue weighted by atomic mass is 35.5. The predicted molar refractivity (Wildman–Crippen MR) is 103 cm³/mol. The average Bonchev–Trinajstić information content (AvgIpc) is 3.06. The van der Waals surface area contributed by atoms with Gasteiger partial charge in [0.2, 0.25) is 22.7 Å². The number of benzene rings is 2. The normalized spacial score (nSPS) is 13.0. The van der Waals surface area contributed by atoms with Gasteiger partial charge < -0.3 is 14.8 Å². The number of halogens is 1. The van der Waals surface area contributed by atoms with Crippen molar-refractivity contribution in [2.45, 2.75) is 6.54 Å². The lowest BCUT2D eigenvalue weighted by atomic mass is 10.2. The Balaban J connectivity index is 1.59. The van der Waals surface area contributed by atoms with Crippen LogP contribution in [-0.4, -0.2) is 27.4 Å². The van der Waals surface area contributed by atoms with Crippen LogP contribution in [0.4, 0.5) is 5.69 Å². The van der Waals surface area contributed by atoms with Gasteiger partial charge in [-0.3, -0.25) is 9.52 Å². The predicted octanol–water partition coefficient (Wildman–Crippen LogP) is 2.77. The molecule has 0 radical (unpaired) electrons. The van der Waals surface area contributed by atoms with Crippen LogP contribution in [0.3, 0.4) is 0 Å². The zero-order valence-electron chi connectivity index (χ0n) is 14.4. The Bertz CT molecular complexity index is 1000. The highest BCUT2D eigenvalue weighted by Crippen LogP contribution is 2.40. The summed E-state index contributed by atoms with van der Waals surface area (Å²) < 4.78 is 35.5. The second kappa shape index (κ2) is 7.89. The number of ether oxygens (including phenoxy) is 2. The van der Waals surface area contributed by atoms with Gasteiger partial charge in [0.15, 0.2) is 11.5 Å². The van der Waals surface area contributed by atoms with Gasteiger partial charge in [-0.2, -0.15) is 0 Å². The van der Waals surface area contributed by atoms with Gasteiger partial charge in [0.05, 0.1) is 11.3 Å². The average molecular weight is 409 g/mol. The molecule has 0 saturated carbocycles. The monoisotopic (exact) mass is 408 g/mol. The van der Waals surface area contributed by atoms with Crippen LogP contribution in [0.5, 0.6) is 11.5 Å². The number of sulfonamides is 1. The second-order valence-corrected chi connectivity index (χ2v) is 8.02. The standard InChI is InChI=1S/C18H17ClN2O5S/c1-27(23,24)21-14-4-2-3-13(7-14)10-20-17(22)6-5-12-8-15(19)18-16(9-12)25-11-26-18/h2-9,21H,10-11H2,1H3,(H,20,22)/b6-5+. The summed E-state index contributed by atoms with van der Waals surface area (Å²) in [5, 5.41) is 3.15. The molecule has 0 aromatic heterocycles. The van der Waals surface area contributed by atoms with Gasteiger partial charge in [-0.1, -0.05) is 23.7 Å². The summed E-state index contributed by atoms with van der Waals surface area (Å²) in [6.07, 6.45) is 4.08. The molecule has 0 aliphatic carbocycles. The maximum Gasteiger partial charge on any atom is 0.244 e. The van der Waals surface area contributed by atoms with Crippen LogP contribution in [0, 0.1) is 0 Å². The van der Waals surface area contributed by atoms with Crippen molar-refractivity contribution < 1.29 is 22.7 Å². The van der Waals surface area contributed by atoms with E-state index in [9.17, 15) is 13.2 Å². The van der Waals surface area contributed by atoms with E-state index < -0.39 is 10.0 Å². The largest absolute Gasteiger partial charge is 0.454 e. The van der Waals surface area contributed by atoms with Crippen molar-refractivity contribution in [3.05, 3.63) is 58.6 Å². The molecule has 0 fully saturated rings. The molecule has 0 unspecified atom stereocenters. The summed E-state index contributed by atoms with van der Waals surface area (Å²) in [7, 11) is -3.35. The Hall–Kier alpha value is -2.71. The molecule has 0 atom stereocenters. The van der Waals surface area contributed by atoms with Crippen LogP contribution in [-0.2, 0) is 21.4 Å². The fourth-order valence-corrected chi connectivity index (χ4v) is 3.29. The minimum atomic E-state index is -3.35. The molecular weight excluding hydrogens is 392 g/mol. The van der Waals surface area contributed by atoms with Crippen LogP contribution >= 0.6 is 11.6 Å². The summed E-state index contributed by atoms with van der Waals surface area (Å²) in [5.74, 6) is 0.740. The molecule has 1 amide bonds. The molecular formula is C18H17ClN2O5S. The smallest absolute Gasteiger partial charge is 0.244 e. The van der Waals surface area contributed by atoms with Gasteiger partial charge in [0, 0.05) is 18.3 Å². The van der Waals surface area contributed by atoms with E-state index in [1.54, 1.807) is 42.5 Å². The van der Waals surface area contributed by atoms with Crippen LogP contribution in [0.1, 0.15) is 11.1 Å². The number of rotatable bonds is 6. The van der Waals surface area contributed by atoms with E-state index in [2.05, 4.69) is 10.0 Å². The third-order valence-corrected chi connectivity index (χ3v) is 4.46. The van der Waals surface area contributed by atoms with Crippen molar-refractivity contribution in [2.75, 3.05) is 17.8 Å². The Morgan fingerprint density at radius 3 is 2.85 bits per heavy atom. The molecule has 0 bridgehead atoms. The molecule has 0 spiro atoms. The Labute approximate surface area is 162 Å². The number of amides is 1.